The average molecular weight is 408 g/mol. The second-order valence-electron chi connectivity index (χ2n) is 5.88. The summed E-state index contributed by atoms with van der Waals surface area (Å²) in [6.45, 7) is 3.94. The maximum Gasteiger partial charge on any atom is 0.327 e. The van der Waals surface area contributed by atoms with Gasteiger partial charge >= 0.3 is 5.69 Å². The van der Waals surface area contributed by atoms with E-state index in [4.69, 9.17) is 0 Å². The van der Waals surface area contributed by atoms with Crippen molar-refractivity contribution in [1.29, 1.82) is 0 Å². The lowest BCUT2D eigenvalue weighted by atomic mass is 10.1. The Kier molecular flexibility index (Phi) is 3.33. The number of fused-ring (bicyclic) bond motifs is 2. The lowest BCUT2D eigenvalue weighted by molar-refractivity contribution is 0.542. The number of aromatic amines is 2. The van der Waals surface area contributed by atoms with E-state index in [9.17, 15) is 9.59 Å². The maximum atomic E-state index is 12.6. The fourth-order valence-corrected chi connectivity index (χ4v) is 4.37. The van der Waals surface area contributed by atoms with Gasteiger partial charge in [0, 0.05) is 23.5 Å². The van der Waals surface area contributed by atoms with Gasteiger partial charge in [0.1, 0.15) is 0 Å². The number of nitrogens with zero attached hydrogens (tertiary/aromatic N) is 3. The lowest BCUT2D eigenvalue weighted by Gasteiger charge is -2.09. The number of aryl methyl sites for hydroxylation is 1. The van der Waals surface area contributed by atoms with E-state index in [1.54, 1.807) is 11.7 Å². The van der Waals surface area contributed by atoms with Crippen molar-refractivity contribution >= 4 is 49.5 Å². The molecule has 0 unspecified atom stereocenters. The lowest BCUT2D eigenvalue weighted by Crippen LogP contribution is -2.12. The highest BCUT2D eigenvalue weighted by Gasteiger charge is 2.23. The van der Waals surface area contributed by atoms with Crippen molar-refractivity contribution in [3.63, 3.8) is 0 Å². The van der Waals surface area contributed by atoms with Crippen molar-refractivity contribution in [1.82, 2.24) is 24.3 Å². The summed E-state index contributed by atoms with van der Waals surface area (Å²) in [5.41, 5.74) is 1.92. The van der Waals surface area contributed by atoms with Gasteiger partial charge in [0.05, 0.1) is 14.7 Å². The molecule has 0 spiro atoms. The summed E-state index contributed by atoms with van der Waals surface area (Å²) in [6, 6.07) is 3.90. The zero-order chi connectivity index (χ0) is 17.2. The normalized spacial score (nSPS) is 12.0. The smallest absolute Gasteiger partial charge is 0.293 e. The van der Waals surface area contributed by atoms with E-state index >= 15 is 0 Å². The van der Waals surface area contributed by atoms with E-state index in [2.05, 4.69) is 31.0 Å². The molecule has 4 aromatic heterocycles. The molecule has 4 aromatic rings. The number of imidazole rings is 1. The minimum Gasteiger partial charge on any atom is -0.293 e. The predicted molar refractivity (Wildman–Crippen MR) is 98.8 cm³/mol. The summed E-state index contributed by atoms with van der Waals surface area (Å²) in [5, 5.41) is 3.36. The van der Waals surface area contributed by atoms with Crippen LogP contribution in [0.25, 0.3) is 32.6 Å². The standard InChI is InChI=1S/C15H14BrN5O2S/c1-6(2)21-13-10(14(22)19-21)9(7-4-5-8(16)24-7)11-12(17-13)18-15(23)20(11)3/h4-6H,1-3H3,(H,19,22)(H,17,18,23). The zero-order valence-corrected chi connectivity index (χ0v) is 15.6. The molecule has 0 aliphatic heterocycles. The Morgan fingerprint density at radius 2 is 2.04 bits per heavy atom. The third kappa shape index (κ3) is 2.04. The van der Waals surface area contributed by atoms with E-state index in [0.717, 1.165) is 14.2 Å². The average Bonchev–Trinajstić information content (AvgIpc) is 3.16. The fourth-order valence-electron chi connectivity index (χ4n) is 2.93. The van der Waals surface area contributed by atoms with Crippen molar-refractivity contribution < 1.29 is 0 Å². The summed E-state index contributed by atoms with van der Waals surface area (Å²) in [6.07, 6.45) is 0. The summed E-state index contributed by atoms with van der Waals surface area (Å²) in [4.78, 5) is 33.0. The van der Waals surface area contributed by atoms with E-state index in [1.165, 1.54) is 15.9 Å². The Morgan fingerprint density at radius 1 is 1.29 bits per heavy atom. The van der Waals surface area contributed by atoms with Crippen LogP contribution in [0.2, 0.25) is 0 Å². The first-order valence-corrected chi connectivity index (χ1v) is 8.98. The third-order valence-corrected chi connectivity index (χ3v) is 5.67. The molecule has 0 fully saturated rings. The zero-order valence-electron chi connectivity index (χ0n) is 13.2. The van der Waals surface area contributed by atoms with Crippen LogP contribution in [0.3, 0.4) is 0 Å². The Labute approximate surface area is 148 Å². The van der Waals surface area contributed by atoms with Crippen LogP contribution >= 0.6 is 27.3 Å². The highest BCUT2D eigenvalue weighted by Crippen LogP contribution is 2.38. The van der Waals surface area contributed by atoms with Crippen LogP contribution in [-0.4, -0.2) is 24.3 Å². The maximum absolute atomic E-state index is 12.6. The molecule has 4 rings (SSSR count). The molecule has 4 heterocycles. The van der Waals surface area contributed by atoms with Crippen molar-refractivity contribution in [2.45, 2.75) is 19.9 Å². The minimum atomic E-state index is -0.255. The van der Waals surface area contributed by atoms with Crippen molar-refractivity contribution in [2.24, 2.45) is 7.05 Å². The van der Waals surface area contributed by atoms with Crippen LogP contribution in [0.15, 0.2) is 25.5 Å². The van der Waals surface area contributed by atoms with Crippen LogP contribution in [0.1, 0.15) is 19.9 Å². The number of pyridine rings is 1. The van der Waals surface area contributed by atoms with E-state index < -0.39 is 0 Å². The van der Waals surface area contributed by atoms with Gasteiger partial charge in [-0.3, -0.25) is 24.1 Å². The number of halogens is 1. The van der Waals surface area contributed by atoms with Crippen LogP contribution < -0.4 is 11.2 Å². The van der Waals surface area contributed by atoms with Gasteiger partial charge in [-0.15, -0.1) is 11.3 Å². The van der Waals surface area contributed by atoms with Crippen LogP contribution in [-0.2, 0) is 7.05 Å². The molecular weight excluding hydrogens is 394 g/mol. The highest BCUT2D eigenvalue weighted by molar-refractivity contribution is 9.11. The first-order valence-electron chi connectivity index (χ1n) is 7.37. The second-order valence-corrected chi connectivity index (χ2v) is 8.34. The highest BCUT2D eigenvalue weighted by atomic mass is 79.9. The molecule has 7 nitrogen and oxygen atoms in total. The Balaban J connectivity index is 2.31. The van der Waals surface area contributed by atoms with Gasteiger partial charge in [0.15, 0.2) is 11.3 Å². The molecule has 0 saturated heterocycles. The van der Waals surface area contributed by atoms with E-state index in [-0.39, 0.29) is 17.3 Å². The molecule has 2 N–H and O–H groups in total. The molecular formula is C15H14BrN5O2S. The first kappa shape index (κ1) is 15.4. The van der Waals surface area contributed by atoms with Gasteiger partial charge in [-0.05, 0) is 41.9 Å². The summed E-state index contributed by atoms with van der Waals surface area (Å²) < 4.78 is 4.18. The molecule has 0 aromatic carbocycles. The molecule has 24 heavy (non-hydrogen) atoms. The summed E-state index contributed by atoms with van der Waals surface area (Å²) in [7, 11) is 1.68. The molecule has 9 heteroatoms. The quantitative estimate of drug-likeness (QED) is 0.535. The van der Waals surface area contributed by atoms with E-state index in [0.29, 0.717) is 22.2 Å². The fraction of sp³-hybridized carbons (Fsp3) is 0.267. The van der Waals surface area contributed by atoms with Crippen molar-refractivity contribution in [3.05, 3.63) is 36.8 Å². The molecule has 0 amide bonds. The Morgan fingerprint density at radius 3 is 2.67 bits per heavy atom. The van der Waals surface area contributed by atoms with Crippen molar-refractivity contribution in [2.75, 3.05) is 0 Å². The molecule has 0 aliphatic rings. The summed E-state index contributed by atoms with van der Waals surface area (Å²) in [5.74, 6) is 0. The topological polar surface area (TPSA) is 88.5 Å². The van der Waals surface area contributed by atoms with Crippen LogP contribution in [0.4, 0.5) is 0 Å². The Hall–Kier alpha value is -2.13. The van der Waals surface area contributed by atoms with Gasteiger partial charge in [-0.2, -0.15) is 0 Å². The van der Waals surface area contributed by atoms with Gasteiger partial charge in [-0.25, -0.2) is 9.78 Å². The minimum absolute atomic E-state index is 0.0403. The van der Waals surface area contributed by atoms with Gasteiger partial charge in [0.2, 0.25) is 0 Å². The molecule has 124 valence electrons. The first-order chi connectivity index (χ1) is 11.4. The van der Waals surface area contributed by atoms with Gasteiger partial charge in [-0.1, -0.05) is 0 Å². The van der Waals surface area contributed by atoms with Gasteiger partial charge in [0.25, 0.3) is 5.56 Å². The molecule has 0 bridgehead atoms. The monoisotopic (exact) mass is 407 g/mol. The SMILES string of the molecule is CC(C)n1[nH]c(=O)c2c(-c3ccc(Br)s3)c3c(nc21)[nH]c(=O)n3C. The molecule has 0 atom stereocenters. The molecule has 0 aliphatic carbocycles. The number of hydrogen-bond acceptors (Lipinski definition) is 4. The van der Waals surface area contributed by atoms with E-state index in [1.807, 2.05) is 26.0 Å². The second kappa shape index (κ2) is 5.18. The van der Waals surface area contributed by atoms with Crippen molar-refractivity contribution in [3.8, 4) is 10.4 Å². The van der Waals surface area contributed by atoms with Gasteiger partial charge < -0.3 is 0 Å². The third-order valence-electron chi connectivity index (χ3n) is 4.03. The van der Waals surface area contributed by atoms with Crippen LogP contribution in [0.5, 0.6) is 0 Å². The van der Waals surface area contributed by atoms with Crippen LogP contribution in [0, 0.1) is 0 Å². The number of nitrogens with one attached hydrogen (secondary N) is 2. The largest absolute Gasteiger partial charge is 0.327 e. The number of H-pyrrole nitrogens is 2. The molecule has 0 radical (unpaired) electrons. The number of aromatic nitrogens is 5. The number of thiophene rings is 1. The number of rotatable bonds is 2. The number of hydrogen-bond donors (Lipinski definition) is 2. The predicted octanol–water partition coefficient (Wildman–Crippen LogP) is 2.98. The summed E-state index contributed by atoms with van der Waals surface area (Å²) >= 11 is 4.98. The Bertz CT molecular complexity index is 1210. The molecule has 0 saturated carbocycles.